The summed E-state index contributed by atoms with van der Waals surface area (Å²) in [6, 6.07) is 1.91. The molecule has 1 aromatic carbocycles. The predicted octanol–water partition coefficient (Wildman–Crippen LogP) is 4.53. The van der Waals surface area contributed by atoms with Crippen molar-refractivity contribution in [2.45, 2.75) is 63.2 Å². The summed E-state index contributed by atoms with van der Waals surface area (Å²) < 4.78 is 33.1. The normalized spacial score (nSPS) is 13.2. The van der Waals surface area contributed by atoms with E-state index in [2.05, 4.69) is 5.32 Å². The summed E-state index contributed by atoms with van der Waals surface area (Å²) in [6.07, 6.45) is 1.69. The molecule has 4 nitrogen and oxygen atoms in total. The van der Waals surface area contributed by atoms with Gasteiger partial charge in [0, 0.05) is 17.9 Å². The summed E-state index contributed by atoms with van der Waals surface area (Å²) in [5.41, 5.74) is -0.114. The van der Waals surface area contributed by atoms with Gasteiger partial charge < -0.3 is 10.1 Å². The molecule has 0 saturated carbocycles. The molecule has 1 aromatic rings. The van der Waals surface area contributed by atoms with Crippen molar-refractivity contribution in [2.75, 3.05) is 5.32 Å². The van der Waals surface area contributed by atoms with Crippen molar-refractivity contribution < 1.29 is 23.1 Å². The Hall–Kier alpha value is -1.63. The molecule has 7 heteroatoms. The van der Waals surface area contributed by atoms with E-state index in [-0.39, 0.29) is 16.7 Å². The highest BCUT2D eigenvalue weighted by Gasteiger charge is 2.24. The maximum absolute atomic E-state index is 14.0. The third-order valence-corrected chi connectivity index (χ3v) is 4.59. The first-order valence-corrected chi connectivity index (χ1v) is 8.80. The van der Waals surface area contributed by atoms with Gasteiger partial charge in [0.15, 0.2) is 0 Å². The van der Waals surface area contributed by atoms with Crippen molar-refractivity contribution in [1.29, 1.82) is 0 Å². The van der Waals surface area contributed by atoms with Gasteiger partial charge in [-0.2, -0.15) is 0 Å². The number of esters is 1. The smallest absolute Gasteiger partial charge is 0.319 e. The minimum absolute atomic E-state index is 0.0969. The highest BCUT2D eigenvalue weighted by molar-refractivity contribution is 8.00. The Morgan fingerprint density at radius 3 is 2.46 bits per heavy atom. The zero-order chi connectivity index (χ0) is 18.3. The average Bonchev–Trinajstić information content (AvgIpc) is 2.50. The van der Waals surface area contributed by atoms with Crippen molar-refractivity contribution in [3.05, 3.63) is 23.8 Å². The van der Waals surface area contributed by atoms with Crippen LogP contribution in [0.1, 0.15) is 47.0 Å². The molecule has 0 radical (unpaired) electrons. The summed E-state index contributed by atoms with van der Waals surface area (Å²) in [4.78, 5) is 23.4. The Morgan fingerprint density at radius 1 is 1.25 bits per heavy atom. The molecule has 1 N–H and O–H groups in total. The van der Waals surface area contributed by atoms with Crippen LogP contribution in [0.5, 0.6) is 0 Å². The molecule has 2 unspecified atom stereocenters. The number of hydrogen-bond donors (Lipinski definition) is 1. The molecule has 0 bridgehead atoms. The van der Waals surface area contributed by atoms with Gasteiger partial charge in [-0.1, -0.05) is 20.3 Å². The van der Waals surface area contributed by atoms with Crippen LogP contribution in [-0.4, -0.2) is 23.2 Å². The van der Waals surface area contributed by atoms with E-state index in [9.17, 15) is 18.4 Å². The molecule has 0 aliphatic rings. The van der Waals surface area contributed by atoms with Gasteiger partial charge in [0.1, 0.15) is 16.9 Å². The number of benzene rings is 1. The second kappa shape index (κ2) is 9.61. The van der Waals surface area contributed by atoms with Gasteiger partial charge >= 0.3 is 5.97 Å². The van der Waals surface area contributed by atoms with Crippen LogP contribution in [-0.2, 0) is 14.3 Å². The molecular weight excluding hydrogens is 336 g/mol. The van der Waals surface area contributed by atoms with E-state index in [4.69, 9.17) is 4.74 Å². The minimum atomic E-state index is -0.860. The number of rotatable bonds is 8. The van der Waals surface area contributed by atoms with Crippen molar-refractivity contribution in [2.24, 2.45) is 0 Å². The first-order chi connectivity index (χ1) is 11.3. The Kier molecular flexibility index (Phi) is 8.18. The first kappa shape index (κ1) is 20.4. The van der Waals surface area contributed by atoms with Crippen molar-refractivity contribution in [3.8, 4) is 0 Å². The lowest BCUT2D eigenvalue weighted by molar-refractivity contribution is -0.147. The molecule has 0 fully saturated rings. The number of nitrogens with one attached hydrogen (secondary N) is 1. The summed E-state index contributed by atoms with van der Waals surface area (Å²) in [5, 5.41) is 1.72. The molecule has 0 aliphatic carbocycles. The van der Waals surface area contributed by atoms with Gasteiger partial charge in [-0.25, -0.2) is 8.78 Å². The fraction of sp³-hybridized carbons (Fsp3) is 0.529. The van der Waals surface area contributed by atoms with Crippen LogP contribution < -0.4 is 5.32 Å². The first-order valence-electron chi connectivity index (χ1n) is 7.92. The van der Waals surface area contributed by atoms with E-state index in [1.807, 2.05) is 13.8 Å². The van der Waals surface area contributed by atoms with E-state index < -0.39 is 28.8 Å². The summed E-state index contributed by atoms with van der Waals surface area (Å²) >= 11 is 0.983. The van der Waals surface area contributed by atoms with E-state index in [1.165, 1.54) is 13.0 Å². The number of hydrogen-bond acceptors (Lipinski definition) is 4. The van der Waals surface area contributed by atoms with E-state index in [0.29, 0.717) is 25.3 Å². The highest BCUT2D eigenvalue weighted by atomic mass is 32.2. The Balaban J connectivity index is 3.00. The predicted molar refractivity (Wildman–Crippen MR) is 91.1 cm³/mol. The minimum Gasteiger partial charge on any atom is -0.462 e. The maximum Gasteiger partial charge on any atom is 0.319 e. The molecular formula is C17H23F2NO3S. The van der Waals surface area contributed by atoms with Crippen molar-refractivity contribution >= 4 is 29.3 Å². The fourth-order valence-electron chi connectivity index (χ4n) is 1.90. The largest absolute Gasteiger partial charge is 0.462 e. The van der Waals surface area contributed by atoms with Crippen molar-refractivity contribution in [1.82, 2.24) is 0 Å². The standard InChI is InChI=1S/C17H23F2NO3S/c1-5-7-15(17(22)23-10(3)6-2)24-16-9-14(20-11(4)21)12(18)8-13(16)19/h8-10,15H,5-7H2,1-4H3,(H,20,21). The molecule has 0 aromatic heterocycles. The van der Waals surface area contributed by atoms with E-state index >= 15 is 0 Å². The van der Waals surface area contributed by atoms with Gasteiger partial charge in [-0.3, -0.25) is 9.59 Å². The number of carbonyl (C=O) groups is 2. The van der Waals surface area contributed by atoms with Crippen LogP contribution in [0.2, 0.25) is 0 Å². The number of carbonyl (C=O) groups excluding carboxylic acids is 2. The zero-order valence-electron chi connectivity index (χ0n) is 14.3. The van der Waals surface area contributed by atoms with Gasteiger partial charge in [0.05, 0.1) is 11.8 Å². The lowest BCUT2D eigenvalue weighted by Crippen LogP contribution is -2.24. The van der Waals surface area contributed by atoms with Crippen LogP contribution in [0.3, 0.4) is 0 Å². The Labute approximate surface area is 145 Å². The molecule has 24 heavy (non-hydrogen) atoms. The third-order valence-electron chi connectivity index (χ3n) is 3.31. The second-order valence-corrected chi connectivity index (χ2v) is 6.74. The molecule has 0 aliphatic heterocycles. The number of amides is 1. The van der Waals surface area contributed by atoms with Crippen LogP contribution >= 0.6 is 11.8 Å². The topological polar surface area (TPSA) is 55.4 Å². The van der Waals surface area contributed by atoms with Crippen LogP contribution in [0.15, 0.2) is 17.0 Å². The summed E-state index contributed by atoms with van der Waals surface area (Å²) in [5.74, 6) is -2.51. The summed E-state index contributed by atoms with van der Waals surface area (Å²) in [7, 11) is 0. The maximum atomic E-state index is 14.0. The number of ether oxygens (including phenoxy) is 1. The molecule has 134 valence electrons. The molecule has 0 saturated heterocycles. The molecule has 0 heterocycles. The number of anilines is 1. The second-order valence-electron chi connectivity index (χ2n) is 5.49. The molecule has 2 atom stereocenters. The average molecular weight is 359 g/mol. The monoisotopic (exact) mass is 359 g/mol. The fourth-order valence-corrected chi connectivity index (χ4v) is 3.07. The van der Waals surface area contributed by atoms with Gasteiger partial charge in [0.25, 0.3) is 0 Å². The highest BCUT2D eigenvalue weighted by Crippen LogP contribution is 2.33. The SMILES string of the molecule is CCCC(Sc1cc(NC(C)=O)c(F)cc1F)C(=O)OC(C)CC. The van der Waals surface area contributed by atoms with Crippen LogP contribution in [0.4, 0.5) is 14.5 Å². The lowest BCUT2D eigenvalue weighted by atomic mass is 10.2. The third kappa shape index (κ3) is 6.11. The Morgan fingerprint density at radius 2 is 1.92 bits per heavy atom. The van der Waals surface area contributed by atoms with Crippen LogP contribution in [0, 0.1) is 11.6 Å². The number of thioether (sulfide) groups is 1. The molecule has 1 amide bonds. The van der Waals surface area contributed by atoms with Gasteiger partial charge in [0.2, 0.25) is 5.91 Å². The quantitative estimate of drug-likeness (QED) is 0.547. The number of halogens is 2. The van der Waals surface area contributed by atoms with Crippen molar-refractivity contribution in [3.63, 3.8) is 0 Å². The van der Waals surface area contributed by atoms with Crippen LogP contribution in [0.25, 0.3) is 0 Å². The Bertz CT molecular complexity index is 595. The van der Waals surface area contributed by atoms with E-state index in [0.717, 1.165) is 11.8 Å². The zero-order valence-corrected chi connectivity index (χ0v) is 15.1. The molecule has 1 rings (SSSR count). The van der Waals surface area contributed by atoms with E-state index in [1.54, 1.807) is 6.92 Å². The van der Waals surface area contributed by atoms with Gasteiger partial charge in [-0.15, -0.1) is 11.8 Å². The molecule has 0 spiro atoms. The van der Waals surface area contributed by atoms with Gasteiger partial charge in [-0.05, 0) is 25.8 Å². The lowest BCUT2D eigenvalue weighted by Gasteiger charge is -2.19. The summed E-state index contributed by atoms with van der Waals surface area (Å²) in [6.45, 7) is 6.84.